The summed E-state index contributed by atoms with van der Waals surface area (Å²) in [6, 6.07) is 5.33. The van der Waals surface area contributed by atoms with Crippen molar-refractivity contribution in [3.05, 3.63) is 63.9 Å². The number of rotatable bonds is 5. The van der Waals surface area contributed by atoms with Crippen molar-refractivity contribution in [2.24, 2.45) is 5.92 Å². The molecular formula is C22H24BrN3O2. The minimum atomic E-state index is -0.382. The average molecular weight is 442 g/mol. The lowest BCUT2D eigenvalue weighted by Gasteiger charge is -2.21. The zero-order valence-corrected chi connectivity index (χ0v) is 17.3. The number of imide groups is 1. The van der Waals surface area contributed by atoms with Gasteiger partial charge in [0.1, 0.15) is 0 Å². The van der Waals surface area contributed by atoms with Crippen LogP contribution in [-0.4, -0.2) is 36.3 Å². The second kappa shape index (κ2) is 8.45. The van der Waals surface area contributed by atoms with E-state index >= 15 is 0 Å². The fraction of sp³-hybridized carbons (Fsp3) is 0.364. The number of carbonyl (C=O) groups excluding carboxylic acids is 2. The van der Waals surface area contributed by atoms with Crippen LogP contribution in [0.2, 0.25) is 0 Å². The van der Waals surface area contributed by atoms with Gasteiger partial charge in [-0.3, -0.25) is 14.9 Å². The number of benzene rings is 1. The van der Waals surface area contributed by atoms with Crippen molar-refractivity contribution in [2.75, 3.05) is 19.6 Å². The molecular weight excluding hydrogens is 418 g/mol. The van der Waals surface area contributed by atoms with E-state index in [1.807, 2.05) is 0 Å². The Morgan fingerprint density at radius 3 is 2.75 bits per heavy atom. The van der Waals surface area contributed by atoms with Gasteiger partial charge in [-0.05, 0) is 75.5 Å². The van der Waals surface area contributed by atoms with E-state index in [0.29, 0.717) is 22.6 Å². The van der Waals surface area contributed by atoms with Gasteiger partial charge in [0.15, 0.2) is 0 Å². The molecule has 2 N–H and O–H groups in total. The molecule has 6 heteroatoms. The number of likely N-dealkylation sites (tertiary alicyclic amines) is 1. The third-order valence-corrected chi connectivity index (χ3v) is 6.07. The van der Waals surface area contributed by atoms with E-state index in [1.165, 1.54) is 38.9 Å². The van der Waals surface area contributed by atoms with Crippen LogP contribution in [0.25, 0.3) is 5.57 Å². The number of carbonyl (C=O) groups is 2. The Labute approximate surface area is 173 Å². The fourth-order valence-electron chi connectivity index (χ4n) is 3.94. The monoisotopic (exact) mass is 441 g/mol. The number of nitrogens with zero attached hydrogens (tertiary/aromatic N) is 1. The molecule has 2 heterocycles. The second-order valence-electron chi connectivity index (χ2n) is 7.53. The summed E-state index contributed by atoms with van der Waals surface area (Å²) in [7, 11) is 0. The molecule has 0 aromatic heterocycles. The lowest BCUT2D eigenvalue weighted by atomic mass is 9.95. The molecule has 0 radical (unpaired) electrons. The highest BCUT2D eigenvalue weighted by atomic mass is 79.9. The minimum Gasteiger partial charge on any atom is -0.361 e. The lowest BCUT2D eigenvalue weighted by Crippen LogP contribution is -2.37. The van der Waals surface area contributed by atoms with E-state index in [2.05, 4.69) is 49.7 Å². The number of hydrogen-bond acceptors (Lipinski definition) is 4. The zero-order valence-electron chi connectivity index (χ0n) is 15.7. The Morgan fingerprint density at radius 1 is 1.18 bits per heavy atom. The molecule has 2 aliphatic heterocycles. The van der Waals surface area contributed by atoms with Crippen molar-refractivity contribution in [3.63, 3.8) is 0 Å². The Morgan fingerprint density at radius 2 is 2.00 bits per heavy atom. The van der Waals surface area contributed by atoms with Crippen molar-refractivity contribution >= 4 is 33.3 Å². The minimum absolute atomic E-state index is 0.359. The summed E-state index contributed by atoms with van der Waals surface area (Å²) in [5.74, 6) is -0.166. The molecule has 0 spiro atoms. The van der Waals surface area contributed by atoms with Crippen LogP contribution in [0.4, 0.5) is 0 Å². The molecule has 146 valence electrons. The van der Waals surface area contributed by atoms with E-state index in [0.717, 1.165) is 16.6 Å². The summed E-state index contributed by atoms with van der Waals surface area (Å²) < 4.78 is 0.831. The number of allylic oxidation sites excluding steroid dienone is 3. The predicted octanol–water partition coefficient (Wildman–Crippen LogP) is 3.60. The average Bonchev–Trinajstić information content (AvgIpc) is 3.20. The van der Waals surface area contributed by atoms with Gasteiger partial charge in [0, 0.05) is 27.5 Å². The second-order valence-corrected chi connectivity index (χ2v) is 8.44. The van der Waals surface area contributed by atoms with Crippen LogP contribution in [0.15, 0.2) is 52.8 Å². The lowest BCUT2D eigenvalue weighted by molar-refractivity contribution is -0.114. The van der Waals surface area contributed by atoms with Gasteiger partial charge in [0.05, 0.1) is 5.57 Å². The van der Waals surface area contributed by atoms with E-state index in [4.69, 9.17) is 0 Å². The van der Waals surface area contributed by atoms with Gasteiger partial charge in [-0.2, -0.15) is 0 Å². The molecule has 1 aromatic rings. The zero-order chi connectivity index (χ0) is 19.5. The summed E-state index contributed by atoms with van der Waals surface area (Å²) in [6.45, 7) is 3.67. The van der Waals surface area contributed by atoms with Gasteiger partial charge in [-0.15, -0.1) is 0 Å². The van der Waals surface area contributed by atoms with Crippen LogP contribution in [0.1, 0.15) is 41.6 Å². The maximum atomic E-state index is 12.3. The highest BCUT2D eigenvalue weighted by Gasteiger charge is 2.27. The smallest absolute Gasteiger partial charge is 0.260 e. The third kappa shape index (κ3) is 4.28. The molecule has 1 aliphatic carbocycles. The Kier molecular flexibility index (Phi) is 5.78. The highest BCUT2D eigenvalue weighted by molar-refractivity contribution is 9.10. The molecule has 3 aliphatic rings. The summed E-state index contributed by atoms with van der Waals surface area (Å²) >= 11 is 3.41. The highest BCUT2D eigenvalue weighted by Crippen LogP contribution is 2.27. The van der Waals surface area contributed by atoms with E-state index in [1.54, 1.807) is 24.4 Å². The van der Waals surface area contributed by atoms with E-state index in [9.17, 15) is 9.59 Å². The first kappa shape index (κ1) is 19.2. The van der Waals surface area contributed by atoms with E-state index in [-0.39, 0.29) is 11.8 Å². The Balaban J connectivity index is 1.40. The quantitative estimate of drug-likeness (QED) is 0.541. The molecule has 1 fully saturated rings. The molecule has 4 rings (SSSR count). The molecule has 0 saturated carbocycles. The Hall–Kier alpha value is -2.18. The van der Waals surface area contributed by atoms with Crippen molar-refractivity contribution in [1.29, 1.82) is 0 Å². The van der Waals surface area contributed by atoms with Gasteiger partial charge in [0.25, 0.3) is 11.8 Å². The normalized spacial score (nSPS) is 23.5. The summed E-state index contributed by atoms with van der Waals surface area (Å²) in [6.07, 6.45) is 13.1. The standard InChI is InChI=1S/C22H24BrN3O2/c23-16-5-8-18-19(13-16)20(22(28)25-21(18)27)14-24-17-6-3-15(4-7-17)9-12-26-10-1-2-11-26/h3,5-8,13-15,24H,1-2,4,9-12H2,(H,25,27,28)/b20-14-. The maximum absolute atomic E-state index is 12.3. The first-order chi connectivity index (χ1) is 13.6. The molecule has 0 bridgehead atoms. The SMILES string of the molecule is O=C1NC(=O)c2ccc(Br)cc2/C1=C/NC1=CCC(CCN2CCCC2)C=C1. The van der Waals surface area contributed by atoms with Crippen LogP contribution in [0.3, 0.4) is 0 Å². The van der Waals surface area contributed by atoms with Crippen molar-refractivity contribution in [3.8, 4) is 0 Å². The third-order valence-electron chi connectivity index (χ3n) is 5.57. The maximum Gasteiger partial charge on any atom is 0.260 e. The van der Waals surface area contributed by atoms with Crippen molar-refractivity contribution < 1.29 is 9.59 Å². The Bertz CT molecular complexity index is 882. The van der Waals surface area contributed by atoms with Crippen LogP contribution >= 0.6 is 15.9 Å². The van der Waals surface area contributed by atoms with Crippen LogP contribution in [0, 0.1) is 5.92 Å². The van der Waals surface area contributed by atoms with Gasteiger partial charge in [0.2, 0.25) is 0 Å². The molecule has 1 saturated heterocycles. The van der Waals surface area contributed by atoms with Crippen molar-refractivity contribution in [2.45, 2.75) is 25.7 Å². The van der Waals surface area contributed by atoms with Gasteiger partial charge < -0.3 is 10.2 Å². The molecule has 1 atom stereocenters. The number of fused-ring (bicyclic) bond motifs is 1. The first-order valence-corrected chi connectivity index (χ1v) is 10.6. The molecule has 5 nitrogen and oxygen atoms in total. The molecule has 2 amide bonds. The van der Waals surface area contributed by atoms with Gasteiger partial charge in [-0.25, -0.2) is 0 Å². The summed E-state index contributed by atoms with van der Waals surface area (Å²) in [5.41, 5.74) is 2.58. The van der Waals surface area contributed by atoms with Crippen LogP contribution < -0.4 is 10.6 Å². The summed E-state index contributed by atoms with van der Waals surface area (Å²) in [4.78, 5) is 26.9. The largest absolute Gasteiger partial charge is 0.361 e. The van der Waals surface area contributed by atoms with Crippen molar-refractivity contribution in [1.82, 2.24) is 15.5 Å². The van der Waals surface area contributed by atoms with Crippen LogP contribution in [-0.2, 0) is 4.79 Å². The van der Waals surface area contributed by atoms with Crippen LogP contribution in [0.5, 0.6) is 0 Å². The predicted molar refractivity (Wildman–Crippen MR) is 113 cm³/mol. The fourth-order valence-corrected chi connectivity index (χ4v) is 4.30. The molecule has 1 aromatic carbocycles. The number of amides is 2. The number of halogens is 1. The topological polar surface area (TPSA) is 61.4 Å². The summed E-state index contributed by atoms with van der Waals surface area (Å²) in [5, 5.41) is 5.63. The first-order valence-electron chi connectivity index (χ1n) is 9.83. The number of nitrogens with one attached hydrogen (secondary N) is 2. The van der Waals surface area contributed by atoms with Gasteiger partial charge >= 0.3 is 0 Å². The van der Waals surface area contributed by atoms with Gasteiger partial charge in [-0.1, -0.05) is 28.1 Å². The number of hydrogen-bond donors (Lipinski definition) is 2. The molecule has 28 heavy (non-hydrogen) atoms. The molecule has 1 unspecified atom stereocenters. The van der Waals surface area contributed by atoms with E-state index < -0.39 is 0 Å².